The SMILES string of the molecule is COc1cccc(-c2noc(C3CCCN(C(=O)Nc4ccccc4F)C3)n2)c1. The van der Waals surface area contributed by atoms with Crippen LogP contribution in [0.1, 0.15) is 24.7 Å². The second-order valence-corrected chi connectivity index (χ2v) is 6.88. The Balaban J connectivity index is 1.45. The number of hydrogen-bond acceptors (Lipinski definition) is 5. The van der Waals surface area contributed by atoms with E-state index in [1.165, 1.54) is 12.1 Å². The lowest BCUT2D eigenvalue weighted by molar-refractivity contribution is 0.184. The summed E-state index contributed by atoms with van der Waals surface area (Å²) in [6.07, 6.45) is 1.63. The minimum atomic E-state index is -0.464. The number of piperidine rings is 1. The van der Waals surface area contributed by atoms with Crippen molar-refractivity contribution < 1.29 is 18.4 Å². The van der Waals surface area contributed by atoms with Crippen LogP contribution in [0.25, 0.3) is 11.4 Å². The average molecular weight is 396 g/mol. The summed E-state index contributed by atoms with van der Waals surface area (Å²) >= 11 is 0. The third kappa shape index (κ3) is 4.21. The van der Waals surface area contributed by atoms with Gasteiger partial charge in [-0.05, 0) is 37.1 Å². The quantitative estimate of drug-likeness (QED) is 0.711. The van der Waals surface area contributed by atoms with Crippen molar-refractivity contribution in [2.75, 3.05) is 25.5 Å². The van der Waals surface area contributed by atoms with Crippen LogP contribution in [0.5, 0.6) is 5.75 Å². The number of halogens is 1. The lowest BCUT2D eigenvalue weighted by Crippen LogP contribution is -2.41. The molecule has 1 unspecified atom stereocenters. The van der Waals surface area contributed by atoms with Crippen LogP contribution in [0.4, 0.5) is 14.9 Å². The number of rotatable bonds is 4. The van der Waals surface area contributed by atoms with E-state index in [-0.39, 0.29) is 17.6 Å². The van der Waals surface area contributed by atoms with E-state index in [0.29, 0.717) is 30.6 Å². The van der Waals surface area contributed by atoms with Gasteiger partial charge in [0.05, 0.1) is 18.7 Å². The summed E-state index contributed by atoms with van der Waals surface area (Å²) in [5.74, 6) is 1.15. The lowest BCUT2D eigenvalue weighted by Gasteiger charge is -2.31. The van der Waals surface area contributed by atoms with Crippen molar-refractivity contribution in [2.24, 2.45) is 0 Å². The van der Waals surface area contributed by atoms with Crippen LogP contribution in [-0.2, 0) is 0 Å². The summed E-state index contributed by atoms with van der Waals surface area (Å²) in [6, 6.07) is 13.2. The van der Waals surface area contributed by atoms with Crippen LogP contribution in [-0.4, -0.2) is 41.3 Å². The number of methoxy groups -OCH3 is 1. The zero-order valence-electron chi connectivity index (χ0n) is 16.0. The van der Waals surface area contributed by atoms with Gasteiger partial charge in [0.15, 0.2) is 0 Å². The topological polar surface area (TPSA) is 80.5 Å². The molecule has 150 valence electrons. The number of para-hydroxylation sites is 1. The molecule has 1 saturated heterocycles. The maximum Gasteiger partial charge on any atom is 0.321 e. The lowest BCUT2D eigenvalue weighted by atomic mass is 9.98. The molecule has 0 radical (unpaired) electrons. The maximum absolute atomic E-state index is 13.8. The number of urea groups is 1. The molecule has 7 nitrogen and oxygen atoms in total. The highest BCUT2D eigenvalue weighted by Gasteiger charge is 2.29. The fourth-order valence-electron chi connectivity index (χ4n) is 3.40. The van der Waals surface area contributed by atoms with E-state index in [9.17, 15) is 9.18 Å². The number of aromatic nitrogens is 2. The summed E-state index contributed by atoms with van der Waals surface area (Å²) in [5, 5.41) is 6.70. The fourth-order valence-corrected chi connectivity index (χ4v) is 3.40. The summed E-state index contributed by atoms with van der Waals surface area (Å²) in [4.78, 5) is 18.7. The Morgan fingerprint density at radius 1 is 1.28 bits per heavy atom. The molecule has 29 heavy (non-hydrogen) atoms. The Labute approximate surface area is 167 Å². The predicted octanol–water partition coefficient (Wildman–Crippen LogP) is 4.30. The molecule has 0 aliphatic carbocycles. The molecule has 0 spiro atoms. The number of anilines is 1. The number of benzene rings is 2. The van der Waals surface area contributed by atoms with Gasteiger partial charge in [-0.2, -0.15) is 4.98 Å². The van der Waals surface area contributed by atoms with Crippen LogP contribution in [0.2, 0.25) is 0 Å². The molecular formula is C21H21FN4O3. The Morgan fingerprint density at radius 2 is 2.14 bits per heavy atom. The molecule has 0 saturated carbocycles. The number of carbonyl (C=O) groups is 1. The molecule has 0 bridgehead atoms. The molecule has 2 aromatic carbocycles. The smallest absolute Gasteiger partial charge is 0.321 e. The third-order valence-corrected chi connectivity index (χ3v) is 4.94. The number of ether oxygens (including phenoxy) is 1. The van der Waals surface area contributed by atoms with Crippen LogP contribution in [0, 0.1) is 5.82 Å². The molecule has 1 aliphatic rings. The summed E-state index contributed by atoms with van der Waals surface area (Å²) in [6.45, 7) is 1.02. The van der Waals surface area contributed by atoms with E-state index in [2.05, 4.69) is 15.5 Å². The maximum atomic E-state index is 13.8. The minimum absolute atomic E-state index is 0.0676. The van der Waals surface area contributed by atoms with Crippen molar-refractivity contribution in [2.45, 2.75) is 18.8 Å². The van der Waals surface area contributed by atoms with Gasteiger partial charge >= 0.3 is 6.03 Å². The Bertz CT molecular complexity index is 1010. The van der Waals surface area contributed by atoms with Crippen molar-refractivity contribution in [3.63, 3.8) is 0 Å². The first-order valence-electron chi connectivity index (χ1n) is 9.42. The first kappa shape index (κ1) is 18.9. The zero-order valence-corrected chi connectivity index (χ0v) is 16.0. The molecule has 2 amide bonds. The molecule has 1 aliphatic heterocycles. The van der Waals surface area contributed by atoms with Crippen molar-refractivity contribution in [3.05, 3.63) is 60.2 Å². The predicted molar refractivity (Wildman–Crippen MR) is 105 cm³/mol. The van der Waals surface area contributed by atoms with Crippen molar-refractivity contribution in [3.8, 4) is 17.1 Å². The summed E-state index contributed by atoms with van der Waals surface area (Å²) in [5.41, 5.74) is 0.960. The van der Waals surface area contributed by atoms with Gasteiger partial charge in [-0.15, -0.1) is 0 Å². The molecule has 8 heteroatoms. The van der Waals surface area contributed by atoms with E-state index in [4.69, 9.17) is 9.26 Å². The molecule has 1 N–H and O–H groups in total. The number of carbonyl (C=O) groups excluding carboxylic acids is 1. The largest absolute Gasteiger partial charge is 0.497 e. The number of likely N-dealkylation sites (tertiary alicyclic amines) is 1. The third-order valence-electron chi connectivity index (χ3n) is 4.94. The van der Waals surface area contributed by atoms with Gasteiger partial charge in [-0.1, -0.05) is 29.4 Å². The Hall–Kier alpha value is -3.42. The number of amides is 2. The van der Waals surface area contributed by atoms with E-state index in [0.717, 1.165) is 18.4 Å². The average Bonchev–Trinajstić information content (AvgIpc) is 3.26. The number of nitrogens with zero attached hydrogens (tertiary/aromatic N) is 3. The van der Waals surface area contributed by atoms with E-state index < -0.39 is 5.82 Å². The van der Waals surface area contributed by atoms with Gasteiger partial charge in [0.25, 0.3) is 0 Å². The summed E-state index contributed by atoms with van der Waals surface area (Å²) < 4.78 is 24.5. The van der Waals surface area contributed by atoms with Gasteiger partial charge in [0.1, 0.15) is 11.6 Å². The van der Waals surface area contributed by atoms with Crippen LogP contribution in [0.15, 0.2) is 53.1 Å². The molecule has 1 atom stereocenters. The second kappa shape index (κ2) is 8.30. The van der Waals surface area contributed by atoms with Gasteiger partial charge in [0.2, 0.25) is 11.7 Å². The normalized spacial score (nSPS) is 16.5. The highest BCUT2D eigenvalue weighted by atomic mass is 19.1. The zero-order chi connectivity index (χ0) is 20.2. The highest BCUT2D eigenvalue weighted by Crippen LogP contribution is 2.29. The van der Waals surface area contributed by atoms with E-state index in [1.54, 1.807) is 24.1 Å². The Morgan fingerprint density at radius 3 is 2.97 bits per heavy atom. The van der Waals surface area contributed by atoms with Gasteiger partial charge in [0, 0.05) is 18.7 Å². The van der Waals surface area contributed by atoms with Gasteiger partial charge < -0.3 is 19.5 Å². The standard InChI is InChI=1S/C21H21FN4O3/c1-28-16-8-4-6-14(12-16)19-24-20(29-25-19)15-7-5-11-26(13-15)21(27)23-18-10-3-2-9-17(18)22/h2-4,6,8-10,12,15H,5,7,11,13H2,1H3,(H,23,27). The van der Waals surface area contributed by atoms with Crippen LogP contribution < -0.4 is 10.1 Å². The van der Waals surface area contributed by atoms with Crippen molar-refractivity contribution in [1.29, 1.82) is 0 Å². The van der Waals surface area contributed by atoms with Gasteiger partial charge in [-0.3, -0.25) is 0 Å². The molecule has 1 aromatic heterocycles. The number of hydrogen-bond donors (Lipinski definition) is 1. The van der Waals surface area contributed by atoms with Crippen molar-refractivity contribution >= 4 is 11.7 Å². The second-order valence-electron chi connectivity index (χ2n) is 6.88. The minimum Gasteiger partial charge on any atom is -0.497 e. The Kier molecular flexibility index (Phi) is 5.41. The monoisotopic (exact) mass is 396 g/mol. The van der Waals surface area contributed by atoms with Gasteiger partial charge in [-0.25, -0.2) is 9.18 Å². The van der Waals surface area contributed by atoms with Crippen LogP contribution >= 0.6 is 0 Å². The van der Waals surface area contributed by atoms with E-state index >= 15 is 0 Å². The summed E-state index contributed by atoms with van der Waals surface area (Å²) in [7, 11) is 1.60. The molecule has 3 aromatic rings. The first-order chi connectivity index (χ1) is 14.1. The van der Waals surface area contributed by atoms with Crippen molar-refractivity contribution in [1.82, 2.24) is 15.0 Å². The molecule has 1 fully saturated rings. The molecular weight excluding hydrogens is 375 g/mol. The van der Waals surface area contributed by atoms with Crippen LogP contribution in [0.3, 0.4) is 0 Å². The fraction of sp³-hybridized carbons (Fsp3) is 0.286. The first-order valence-corrected chi connectivity index (χ1v) is 9.42. The highest BCUT2D eigenvalue weighted by molar-refractivity contribution is 5.89. The number of nitrogens with one attached hydrogen (secondary N) is 1. The van der Waals surface area contributed by atoms with E-state index in [1.807, 2.05) is 24.3 Å². The molecule has 4 rings (SSSR count). The molecule has 2 heterocycles.